The summed E-state index contributed by atoms with van der Waals surface area (Å²) in [7, 11) is 1.46. The number of aliphatic imine (C=N–C) groups is 1. The molecule has 1 aliphatic heterocycles. The third-order valence-electron chi connectivity index (χ3n) is 4.75. The molecule has 1 fully saturated rings. The molecule has 1 aromatic carbocycles. The standard InChI is InChI=1S/C19H23F2N5O3/c1-12-13(11-27)7-17(18(22-12)29-2)23-19(24-28)26-5-3-25(4-6-26)16-9-14(20)8-15(21)10-16/h7-10,27-28H,3-6,11H2,1-2H3,(H,23,24). The lowest BCUT2D eigenvalue weighted by molar-refractivity contribution is 0.207. The molecule has 0 saturated carbocycles. The summed E-state index contributed by atoms with van der Waals surface area (Å²) in [4.78, 5) is 12.3. The number of guanidine groups is 1. The number of rotatable bonds is 4. The van der Waals surface area contributed by atoms with Gasteiger partial charge in [0.2, 0.25) is 11.8 Å². The molecule has 0 aliphatic carbocycles. The van der Waals surface area contributed by atoms with Crippen LogP contribution in [0.3, 0.4) is 0 Å². The molecular weight excluding hydrogens is 384 g/mol. The molecule has 1 saturated heterocycles. The first kappa shape index (κ1) is 20.7. The molecule has 0 spiro atoms. The molecule has 0 bridgehead atoms. The third kappa shape index (κ3) is 4.72. The van der Waals surface area contributed by atoms with Crippen molar-refractivity contribution in [2.45, 2.75) is 13.5 Å². The molecule has 3 rings (SSSR count). The Balaban J connectivity index is 1.78. The van der Waals surface area contributed by atoms with Gasteiger partial charge in [0, 0.05) is 49.2 Å². The van der Waals surface area contributed by atoms with Gasteiger partial charge in [-0.05, 0) is 25.1 Å². The van der Waals surface area contributed by atoms with E-state index in [2.05, 4.69) is 15.5 Å². The van der Waals surface area contributed by atoms with Crippen molar-refractivity contribution >= 4 is 17.3 Å². The maximum absolute atomic E-state index is 13.5. The topological polar surface area (TPSA) is 93.4 Å². The zero-order valence-corrected chi connectivity index (χ0v) is 16.2. The first-order valence-corrected chi connectivity index (χ1v) is 9.05. The van der Waals surface area contributed by atoms with Crippen molar-refractivity contribution in [3.63, 3.8) is 0 Å². The number of halogens is 2. The highest BCUT2D eigenvalue weighted by atomic mass is 19.1. The molecule has 0 radical (unpaired) electrons. The number of methoxy groups -OCH3 is 1. The van der Waals surface area contributed by atoms with E-state index >= 15 is 0 Å². The highest BCUT2D eigenvalue weighted by Gasteiger charge is 2.22. The van der Waals surface area contributed by atoms with Crippen molar-refractivity contribution in [3.8, 4) is 5.88 Å². The Hall–Kier alpha value is -2.98. The minimum atomic E-state index is -0.625. The lowest BCUT2D eigenvalue weighted by Crippen LogP contribution is -2.52. The van der Waals surface area contributed by atoms with Crippen LogP contribution >= 0.6 is 0 Å². The molecule has 0 amide bonds. The number of aromatic nitrogens is 1. The first-order valence-electron chi connectivity index (χ1n) is 9.05. The highest BCUT2D eigenvalue weighted by Crippen LogP contribution is 2.28. The van der Waals surface area contributed by atoms with Gasteiger partial charge in [-0.2, -0.15) is 0 Å². The molecule has 0 atom stereocenters. The van der Waals surface area contributed by atoms with Crippen LogP contribution in [0.25, 0.3) is 0 Å². The van der Waals surface area contributed by atoms with Crippen molar-refractivity contribution in [1.29, 1.82) is 0 Å². The van der Waals surface area contributed by atoms with Crippen LogP contribution in [0, 0.1) is 18.6 Å². The second-order valence-electron chi connectivity index (χ2n) is 6.57. The van der Waals surface area contributed by atoms with Crippen LogP contribution in [-0.4, -0.2) is 59.4 Å². The average Bonchev–Trinajstić information content (AvgIpc) is 2.72. The van der Waals surface area contributed by atoms with Gasteiger partial charge in [-0.1, -0.05) is 0 Å². The smallest absolute Gasteiger partial charge is 0.240 e. The van der Waals surface area contributed by atoms with Gasteiger partial charge in [0.25, 0.3) is 0 Å². The van der Waals surface area contributed by atoms with E-state index in [0.29, 0.717) is 48.8 Å². The number of benzene rings is 1. The molecule has 2 heterocycles. The summed E-state index contributed by atoms with van der Waals surface area (Å²) in [6.07, 6.45) is 0. The number of hydrogen-bond acceptors (Lipinski definition) is 6. The van der Waals surface area contributed by atoms with Crippen LogP contribution in [0.5, 0.6) is 5.88 Å². The monoisotopic (exact) mass is 407 g/mol. The van der Waals surface area contributed by atoms with Crippen LogP contribution in [0.15, 0.2) is 29.3 Å². The number of hydroxylamine groups is 1. The average molecular weight is 407 g/mol. The molecule has 8 nitrogen and oxygen atoms in total. The zero-order chi connectivity index (χ0) is 21.0. The number of nitrogens with zero attached hydrogens (tertiary/aromatic N) is 4. The second-order valence-corrected chi connectivity index (χ2v) is 6.57. The fourth-order valence-electron chi connectivity index (χ4n) is 3.18. The normalized spacial score (nSPS) is 14.9. The van der Waals surface area contributed by atoms with Crippen molar-refractivity contribution < 1.29 is 23.8 Å². The van der Waals surface area contributed by atoms with E-state index in [9.17, 15) is 19.1 Å². The van der Waals surface area contributed by atoms with Gasteiger partial charge in [-0.15, -0.1) is 0 Å². The van der Waals surface area contributed by atoms with Gasteiger partial charge >= 0.3 is 0 Å². The molecule has 10 heteroatoms. The third-order valence-corrected chi connectivity index (χ3v) is 4.75. The van der Waals surface area contributed by atoms with Gasteiger partial charge < -0.3 is 19.6 Å². The molecule has 1 aromatic heterocycles. The number of pyridine rings is 1. The van der Waals surface area contributed by atoms with Crippen molar-refractivity contribution in [2.75, 3.05) is 38.2 Å². The van der Waals surface area contributed by atoms with E-state index in [-0.39, 0.29) is 18.4 Å². The Morgan fingerprint density at radius 2 is 1.83 bits per heavy atom. The highest BCUT2D eigenvalue weighted by molar-refractivity contribution is 5.83. The van der Waals surface area contributed by atoms with Crippen molar-refractivity contribution in [3.05, 3.63) is 47.2 Å². The van der Waals surface area contributed by atoms with Crippen LogP contribution < -0.4 is 15.1 Å². The van der Waals surface area contributed by atoms with Crippen molar-refractivity contribution in [1.82, 2.24) is 15.4 Å². The summed E-state index contributed by atoms with van der Waals surface area (Å²) in [5, 5.41) is 19.1. The number of nitrogens with one attached hydrogen (secondary N) is 1. The Morgan fingerprint density at radius 1 is 1.17 bits per heavy atom. The lowest BCUT2D eigenvalue weighted by Gasteiger charge is -2.37. The number of aliphatic hydroxyl groups is 1. The first-order chi connectivity index (χ1) is 13.9. The fourth-order valence-corrected chi connectivity index (χ4v) is 3.18. The van der Waals surface area contributed by atoms with Crippen LogP contribution in [0.2, 0.25) is 0 Å². The Labute approximate surface area is 167 Å². The van der Waals surface area contributed by atoms with Crippen LogP contribution in [-0.2, 0) is 6.61 Å². The predicted octanol–water partition coefficient (Wildman–Crippen LogP) is 1.96. The van der Waals surface area contributed by atoms with E-state index in [1.807, 2.05) is 4.90 Å². The molecule has 2 aromatic rings. The van der Waals surface area contributed by atoms with Crippen LogP contribution in [0.1, 0.15) is 11.3 Å². The van der Waals surface area contributed by atoms with Crippen LogP contribution in [0.4, 0.5) is 20.2 Å². The largest absolute Gasteiger partial charge is 0.479 e. The van der Waals surface area contributed by atoms with Gasteiger partial charge in [0.1, 0.15) is 17.3 Å². The van der Waals surface area contributed by atoms with E-state index in [4.69, 9.17) is 4.74 Å². The minimum Gasteiger partial charge on any atom is -0.479 e. The van der Waals surface area contributed by atoms with Crippen molar-refractivity contribution in [2.24, 2.45) is 4.99 Å². The summed E-state index contributed by atoms with van der Waals surface area (Å²) in [5.74, 6) is -0.801. The SMILES string of the molecule is COc1nc(C)c(CO)cc1N=C(NO)N1CCN(c2cc(F)cc(F)c2)CC1. The summed E-state index contributed by atoms with van der Waals surface area (Å²) in [5.41, 5.74) is 4.13. The molecule has 29 heavy (non-hydrogen) atoms. The van der Waals surface area contributed by atoms with Gasteiger partial charge in [-0.3, -0.25) is 5.21 Å². The number of aliphatic hydroxyl groups excluding tert-OH is 1. The Morgan fingerprint density at radius 3 is 2.38 bits per heavy atom. The number of piperazine rings is 1. The Kier molecular flexibility index (Phi) is 6.45. The molecular formula is C19H23F2N5O3. The summed E-state index contributed by atoms with van der Waals surface area (Å²) in [6, 6.07) is 5.06. The molecule has 3 N–H and O–H groups in total. The Bertz CT molecular complexity index is 881. The fraction of sp³-hybridized carbons (Fsp3) is 0.368. The number of ether oxygens (including phenoxy) is 1. The van der Waals surface area contributed by atoms with Gasteiger partial charge in [0.05, 0.1) is 13.7 Å². The van der Waals surface area contributed by atoms with Gasteiger partial charge in [-0.25, -0.2) is 24.2 Å². The maximum Gasteiger partial charge on any atom is 0.240 e. The van der Waals surface area contributed by atoms with E-state index in [0.717, 1.165) is 6.07 Å². The van der Waals surface area contributed by atoms with E-state index < -0.39 is 11.6 Å². The predicted molar refractivity (Wildman–Crippen MR) is 104 cm³/mol. The molecule has 0 unspecified atom stereocenters. The second kappa shape index (κ2) is 9.01. The number of aryl methyl sites for hydroxylation is 1. The minimum absolute atomic E-state index is 0.183. The molecule has 1 aliphatic rings. The van der Waals surface area contributed by atoms with Gasteiger partial charge in [0.15, 0.2) is 0 Å². The lowest BCUT2D eigenvalue weighted by atomic mass is 10.2. The summed E-state index contributed by atoms with van der Waals surface area (Å²) in [6.45, 7) is 3.43. The molecule has 156 valence electrons. The zero-order valence-electron chi connectivity index (χ0n) is 16.2. The number of hydrogen-bond donors (Lipinski definition) is 3. The quantitative estimate of drug-likeness (QED) is 0.405. The maximum atomic E-state index is 13.5. The van der Waals surface area contributed by atoms with E-state index in [1.165, 1.54) is 19.2 Å². The number of anilines is 1. The summed E-state index contributed by atoms with van der Waals surface area (Å²) < 4.78 is 32.2. The van der Waals surface area contributed by atoms with E-state index in [1.54, 1.807) is 17.9 Å². The summed E-state index contributed by atoms with van der Waals surface area (Å²) >= 11 is 0.